The Morgan fingerprint density at radius 3 is 2.83 bits per heavy atom. The van der Waals surface area contributed by atoms with E-state index in [1.807, 2.05) is 18.2 Å². The normalized spacial score (nSPS) is 12.4. The van der Waals surface area contributed by atoms with E-state index in [0.29, 0.717) is 17.3 Å². The van der Waals surface area contributed by atoms with Gasteiger partial charge in [0.1, 0.15) is 5.82 Å². The summed E-state index contributed by atoms with van der Waals surface area (Å²) in [6.07, 6.45) is 1.39. The quantitative estimate of drug-likeness (QED) is 0.909. The van der Waals surface area contributed by atoms with Crippen molar-refractivity contribution in [3.05, 3.63) is 57.2 Å². The van der Waals surface area contributed by atoms with Gasteiger partial charge in [-0.25, -0.2) is 4.98 Å². The van der Waals surface area contributed by atoms with Gasteiger partial charge in [-0.05, 0) is 45.3 Å². The number of nitrogen functional groups attached to an aromatic ring is 1. The minimum atomic E-state index is -0.651. The van der Waals surface area contributed by atoms with Crippen LogP contribution in [-0.4, -0.2) is 10.1 Å². The Morgan fingerprint density at radius 1 is 1.39 bits per heavy atom. The lowest BCUT2D eigenvalue weighted by Gasteiger charge is -2.13. The Morgan fingerprint density at radius 2 is 2.17 bits per heavy atom. The molecule has 3 nitrogen and oxygen atoms in total. The van der Waals surface area contributed by atoms with Gasteiger partial charge in [-0.2, -0.15) is 0 Å². The molecular weight excluding hydrogens is 316 g/mol. The Labute approximate surface area is 119 Å². The number of nitrogens with two attached hydrogens (primary N) is 1. The molecule has 94 valence electrons. The number of hydrogen-bond acceptors (Lipinski definition) is 3. The van der Waals surface area contributed by atoms with Crippen molar-refractivity contribution in [1.82, 2.24) is 4.98 Å². The number of nitrogens with zero attached hydrogens (tertiary/aromatic N) is 1. The molecule has 0 amide bonds. The Kier molecular flexibility index (Phi) is 4.22. The Hall–Kier alpha value is -1.10. The average molecular weight is 328 g/mol. The van der Waals surface area contributed by atoms with Gasteiger partial charge in [0, 0.05) is 17.1 Å². The third-order valence-electron chi connectivity index (χ3n) is 2.67. The van der Waals surface area contributed by atoms with Crippen LogP contribution < -0.4 is 5.73 Å². The first-order valence-electron chi connectivity index (χ1n) is 5.40. The number of aromatic nitrogens is 1. The minimum Gasteiger partial charge on any atom is -0.388 e. The van der Waals surface area contributed by atoms with Crippen LogP contribution in [0.5, 0.6) is 0 Å². The third-order valence-corrected chi connectivity index (χ3v) is 3.90. The zero-order valence-electron chi connectivity index (χ0n) is 9.48. The Bertz CT molecular complexity index is 562. The van der Waals surface area contributed by atoms with Gasteiger partial charge in [0.2, 0.25) is 0 Å². The predicted molar refractivity (Wildman–Crippen MR) is 76.5 cm³/mol. The van der Waals surface area contributed by atoms with Crippen LogP contribution in [0.3, 0.4) is 0 Å². The molecular formula is C13H12BrClN2O. The highest BCUT2D eigenvalue weighted by Crippen LogP contribution is 2.28. The lowest BCUT2D eigenvalue weighted by Crippen LogP contribution is -2.05. The molecule has 1 aromatic heterocycles. The fourth-order valence-corrected chi connectivity index (χ4v) is 2.10. The molecule has 0 saturated heterocycles. The number of aliphatic hydroxyl groups excluding tert-OH is 1. The smallest absolute Gasteiger partial charge is 0.126 e. The van der Waals surface area contributed by atoms with Gasteiger partial charge < -0.3 is 10.8 Å². The molecule has 0 fully saturated rings. The van der Waals surface area contributed by atoms with Crippen molar-refractivity contribution in [2.24, 2.45) is 0 Å². The van der Waals surface area contributed by atoms with Crippen LogP contribution in [0.15, 0.2) is 41.0 Å². The van der Waals surface area contributed by atoms with Gasteiger partial charge in [-0.15, -0.1) is 0 Å². The summed E-state index contributed by atoms with van der Waals surface area (Å²) in [5, 5.41) is 10.7. The standard InChI is InChI=1S/C13H12BrClN2O/c14-10-4-3-8(6-11(10)15)12(18)7-9-2-1-5-17-13(9)16/h1-6,12,18H,7H2,(H2,16,17). The molecule has 0 radical (unpaired) electrons. The van der Waals surface area contributed by atoms with E-state index in [0.717, 1.165) is 15.6 Å². The maximum Gasteiger partial charge on any atom is 0.126 e. The minimum absolute atomic E-state index is 0.414. The van der Waals surface area contributed by atoms with Crippen molar-refractivity contribution >= 4 is 33.3 Å². The second-order valence-corrected chi connectivity index (χ2v) is 5.20. The molecule has 3 N–H and O–H groups in total. The highest BCUT2D eigenvalue weighted by Gasteiger charge is 2.12. The number of halogens is 2. The van der Waals surface area contributed by atoms with E-state index in [4.69, 9.17) is 17.3 Å². The van der Waals surface area contributed by atoms with Gasteiger partial charge >= 0.3 is 0 Å². The summed E-state index contributed by atoms with van der Waals surface area (Å²) in [7, 11) is 0. The molecule has 0 aliphatic rings. The summed E-state index contributed by atoms with van der Waals surface area (Å²) in [5.41, 5.74) is 7.32. The maximum absolute atomic E-state index is 10.2. The number of pyridine rings is 1. The highest BCUT2D eigenvalue weighted by atomic mass is 79.9. The third kappa shape index (κ3) is 3.02. The fraction of sp³-hybridized carbons (Fsp3) is 0.154. The molecule has 1 heterocycles. The summed E-state index contributed by atoms with van der Waals surface area (Å²) < 4.78 is 0.806. The molecule has 18 heavy (non-hydrogen) atoms. The van der Waals surface area contributed by atoms with Gasteiger partial charge in [0.05, 0.1) is 11.1 Å². The molecule has 0 spiro atoms. The highest BCUT2D eigenvalue weighted by molar-refractivity contribution is 9.10. The SMILES string of the molecule is Nc1ncccc1CC(O)c1ccc(Br)c(Cl)c1. The predicted octanol–water partition coefficient (Wildman–Crippen LogP) is 3.36. The zero-order valence-corrected chi connectivity index (χ0v) is 11.8. The first kappa shape index (κ1) is 13.3. The molecule has 1 atom stereocenters. The van der Waals surface area contributed by atoms with Crippen molar-refractivity contribution in [3.63, 3.8) is 0 Å². The van der Waals surface area contributed by atoms with Crippen LogP contribution in [0.25, 0.3) is 0 Å². The monoisotopic (exact) mass is 326 g/mol. The summed E-state index contributed by atoms with van der Waals surface area (Å²) >= 11 is 9.31. The first-order valence-corrected chi connectivity index (χ1v) is 6.57. The summed E-state index contributed by atoms with van der Waals surface area (Å²) in [4.78, 5) is 3.99. The van der Waals surface area contributed by atoms with Gasteiger partial charge in [-0.3, -0.25) is 0 Å². The summed E-state index contributed by atoms with van der Waals surface area (Å²) in [6, 6.07) is 9.03. The van der Waals surface area contributed by atoms with Crippen LogP contribution in [0.2, 0.25) is 5.02 Å². The van der Waals surface area contributed by atoms with E-state index in [9.17, 15) is 5.11 Å². The second kappa shape index (κ2) is 5.69. The number of rotatable bonds is 3. The van der Waals surface area contributed by atoms with Gasteiger partial charge in [0.15, 0.2) is 0 Å². The molecule has 5 heteroatoms. The molecule has 0 saturated carbocycles. The molecule has 2 aromatic rings. The van der Waals surface area contributed by atoms with E-state index < -0.39 is 6.10 Å². The van der Waals surface area contributed by atoms with E-state index in [1.54, 1.807) is 18.3 Å². The van der Waals surface area contributed by atoms with Crippen LogP contribution in [0.1, 0.15) is 17.2 Å². The zero-order chi connectivity index (χ0) is 13.1. The van der Waals surface area contributed by atoms with Crippen LogP contribution in [-0.2, 0) is 6.42 Å². The van der Waals surface area contributed by atoms with Crippen molar-refractivity contribution in [1.29, 1.82) is 0 Å². The first-order chi connectivity index (χ1) is 8.58. The second-order valence-electron chi connectivity index (χ2n) is 3.94. The molecule has 1 unspecified atom stereocenters. The van der Waals surface area contributed by atoms with E-state index in [1.165, 1.54) is 0 Å². The van der Waals surface area contributed by atoms with Crippen molar-refractivity contribution < 1.29 is 5.11 Å². The van der Waals surface area contributed by atoms with Crippen molar-refractivity contribution in [2.75, 3.05) is 5.73 Å². The van der Waals surface area contributed by atoms with Gasteiger partial charge in [-0.1, -0.05) is 23.7 Å². The molecule has 0 bridgehead atoms. The lowest BCUT2D eigenvalue weighted by atomic mass is 10.0. The van der Waals surface area contributed by atoms with Crippen LogP contribution in [0.4, 0.5) is 5.82 Å². The van der Waals surface area contributed by atoms with E-state index in [2.05, 4.69) is 20.9 Å². The fourth-order valence-electron chi connectivity index (χ4n) is 1.67. The maximum atomic E-state index is 10.2. The number of aliphatic hydroxyl groups is 1. The molecule has 1 aromatic carbocycles. The van der Waals surface area contributed by atoms with Gasteiger partial charge in [0.25, 0.3) is 0 Å². The van der Waals surface area contributed by atoms with Crippen LogP contribution >= 0.6 is 27.5 Å². The van der Waals surface area contributed by atoms with Crippen LogP contribution in [0, 0.1) is 0 Å². The molecule has 0 aliphatic heterocycles. The Balaban J connectivity index is 2.19. The lowest BCUT2D eigenvalue weighted by molar-refractivity contribution is 0.178. The number of benzene rings is 1. The molecule has 0 aliphatic carbocycles. The van der Waals surface area contributed by atoms with Crippen molar-refractivity contribution in [3.8, 4) is 0 Å². The number of anilines is 1. The summed E-state index contributed by atoms with van der Waals surface area (Å²) in [5.74, 6) is 0.444. The largest absolute Gasteiger partial charge is 0.388 e. The topological polar surface area (TPSA) is 59.1 Å². The summed E-state index contributed by atoms with van der Waals surface area (Å²) in [6.45, 7) is 0. The number of hydrogen-bond donors (Lipinski definition) is 2. The van der Waals surface area contributed by atoms with Crippen molar-refractivity contribution in [2.45, 2.75) is 12.5 Å². The van der Waals surface area contributed by atoms with E-state index in [-0.39, 0.29) is 0 Å². The average Bonchev–Trinajstić information content (AvgIpc) is 2.35. The van der Waals surface area contributed by atoms with E-state index >= 15 is 0 Å². The molecule has 2 rings (SSSR count).